The van der Waals surface area contributed by atoms with E-state index in [4.69, 9.17) is 18.6 Å². The number of fused-ring (bicyclic) bond motifs is 1. The Balaban J connectivity index is 1.65. The number of methoxy groups -OCH3 is 1. The summed E-state index contributed by atoms with van der Waals surface area (Å²) in [6.07, 6.45) is 1.72. The van der Waals surface area contributed by atoms with Crippen LogP contribution in [0.1, 0.15) is 5.69 Å². The van der Waals surface area contributed by atoms with Gasteiger partial charge in [-0.15, -0.1) is 0 Å². The maximum Gasteiger partial charge on any atom is 0.301 e. The molecule has 2 aromatic carbocycles. The van der Waals surface area contributed by atoms with Crippen LogP contribution < -0.4 is 19.9 Å². The van der Waals surface area contributed by atoms with E-state index in [9.17, 15) is 4.79 Å². The fourth-order valence-corrected chi connectivity index (χ4v) is 3.78. The smallest absolute Gasteiger partial charge is 0.301 e. The van der Waals surface area contributed by atoms with E-state index >= 15 is 0 Å². The van der Waals surface area contributed by atoms with Gasteiger partial charge < -0.3 is 23.5 Å². The van der Waals surface area contributed by atoms with E-state index in [2.05, 4.69) is 9.97 Å². The number of ether oxygens (including phenoxy) is 3. The highest BCUT2D eigenvalue weighted by molar-refractivity contribution is 5.95. The summed E-state index contributed by atoms with van der Waals surface area (Å²) in [5, 5.41) is 0.392. The summed E-state index contributed by atoms with van der Waals surface area (Å²) < 4.78 is 23.1. The minimum absolute atomic E-state index is 0.279. The van der Waals surface area contributed by atoms with Gasteiger partial charge in [0.1, 0.15) is 18.1 Å². The van der Waals surface area contributed by atoms with Crippen LogP contribution in [0.15, 0.2) is 70.0 Å². The van der Waals surface area contributed by atoms with Crippen molar-refractivity contribution in [1.29, 1.82) is 0 Å². The van der Waals surface area contributed by atoms with Gasteiger partial charge in [0, 0.05) is 19.3 Å². The molecule has 0 bridgehead atoms. The lowest BCUT2D eigenvalue weighted by Gasteiger charge is -2.26. The minimum Gasteiger partial charge on any atom is -0.497 e. The molecule has 0 radical (unpaired) electrons. The summed E-state index contributed by atoms with van der Waals surface area (Å²) in [5.74, 6) is 1.31. The third kappa shape index (κ3) is 4.38. The van der Waals surface area contributed by atoms with Crippen LogP contribution in [0.3, 0.4) is 0 Å². The van der Waals surface area contributed by atoms with E-state index in [0.717, 1.165) is 17.0 Å². The van der Waals surface area contributed by atoms with Crippen molar-refractivity contribution in [3.05, 3.63) is 76.8 Å². The normalized spacial score (nSPS) is 13.8. The van der Waals surface area contributed by atoms with Crippen LogP contribution in [-0.2, 0) is 11.3 Å². The van der Waals surface area contributed by atoms with E-state index in [0.29, 0.717) is 48.6 Å². The van der Waals surface area contributed by atoms with Gasteiger partial charge >= 0.3 is 6.01 Å². The average molecular weight is 445 g/mol. The molecule has 0 unspecified atom stereocenters. The van der Waals surface area contributed by atoms with Gasteiger partial charge in [-0.3, -0.25) is 9.78 Å². The SMILES string of the molecule is COc1ccc(-c2c(OCc3ccccn3)ccc3c(=O)nc(N4CCOCC4)oc23)cc1. The molecule has 2 aromatic heterocycles. The number of rotatable bonds is 6. The zero-order chi connectivity index (χ0) is 22.6. The van der Waals surface area contributed by atoms with Gasteiger partial charge in [0.25, 0.3) is 5.56 Å². The fourth-order valence-electron chi connectivity index (χ4n) is 3.78. The molecule has 1 fully saturated rings. The highest BCUT2D eigenvalue weighted by Gasteiger charge is 2.21. The third-order valence-electron chi connectivity index (χ3n) is 5.50. The molecule has 3 heterocycles. The molecule has 0 amide bonds. The van der Waals surface area contributed by atoms with Crippen molar-refractivity contribution >= 4 is 17.0 Å². The molecule has 1 aliphatic rings. The van der Waals surface area contributed by atoms with Crippen molar-refractivity contribution in [3.8, 4) is 22.6 Å². The van der Waals surface area contributed by atoms with Crippen molar-refractivity contribution in [2.45, 2.75) is 6.61 Å². The zero-order valence-electron chi connectivity index (χ0n) is 18.2. The van der Waals surface area contributed by atoms with Crippen LogP contribution in [0.2, 0.25) is 0 Å². The molecule has 0 spiro atoms. The molecule has 8 heteroatoms. The molecule has 5 rings (SSSR count). The lowest BCUT2D eigenvalue weighted by Crippen LogP contribution is -2.37. The highest BCUT2D eigenvalue weighted by atomic mass is 16.5. The van der Waals surface area contributed by atoms with Gasteiger partial charge in [-0.05, 0) is 42.0 Å². The maximum absolute atomic E-state index is 12.9. The molecule has 0 N–H and O–H groups in total. The molecule has 0 atom stereocenters. The van der Waals surface area contributed by atoms with Crippen LogP contribution in [0.5, 0.6) is 11.5 Å². The monoisotopic (exact) mass is 445 g/mol. The Morgan fingerprint density at radius 1 is 1.03 bits per heavy atom. The second kappa shape index (κ2) is 9.30. The van der Waals surface area contributed by atoms with Gasteiger partial charge in [-0.25, -0.2) is 0 Å². The first-order valence-electron chi connectivity index (χ1n) is 10.7. The maximum atomic E-state index is 12.9. The summed E-state index contributed by atoms with van der Waals surface area (Å²) in [6, 6.07) is 17.0. The van der Waals surface area contributed by atoms with Gasteiger partial charge in [-0.1, -0.05) is 18.2 Å². The van der Waals surface area contributed by atoms with Gasteiger partial charge in [0.05, 0.1) is 37.0 Å². The Morgan fingerprint density at radius 2 is 1.85 bits per heavy atom. The molecular formula is C25H23N3O5. The van der Waals surface area contributed by atoms with E-state index in [1.54, 1.807) is 25.4 Å². The van der Waals surface area contributed by atoms with Crippen LogP contribution in [0.25, 0.3) is 22.1 Å². The Labute approximate surface area is 190 Å². The molecule has 8 nitrogen and oxygen atoms in total. The molecule has 1 saturated heterocycles. The number of anilines is 1. The average Bonchev–Trinajstić information content (AvgIpc) is 2.88. The van der Waals surface area contributed by atoms with Crippen molar-refractivity contribution in [3.63, 3.8) is 0 Å². The molecule has 4 aromatic rings. The van der Waals surface area contributed by atoms with E-state index < -0.39 is 0 Å². The standard InChI is InChI=1S/C25H23N3O5/c1-30-19-7-5-17(6-8-19)22-21(32-16-18-4-2-3-11-26-18)10-9-20-23(22)33-25(27-24(20)29)28-12-14-31-15-13-28/h2-11H,12-16H2,1H3. The first-order valence-corrected chi connectivity index (χ1v) is 10.7. The van der Waals surface area contributed by atoms with Gasteiger partial charge in [0.2, 0.25) is 0 Å². The van der Waals surface area contributed by atoms with E-state index in [1.165, 1.54) is 0 Å². The number of nitrogens with zero attached hydrogens (tertiary/aromatic N) is 3. The van der Waals surface area contributed by atoms with Crippen molar-refractivity contribution < 1.29 is 18.6 Å². The van der Waals surface area contributed by atoms with Crippen molar-refractivity contribution in [1.82, 2.24) is 9.97 Å². The topological polar surface area (TPSA) is 86.9 Å². The Morgan fingerprint density at radius 3 is 2.58 bits per heavy atom. The molecule has 1 aliphatic heterocycles. The summed E-state index contributed by atoms with van der Waals surface area (Å²) in [6.45, 7) is 2.61. The van der Waals surface area contributed by atoms with Crippen molar-refractivity contribution in [2.75, 3.05) is 38.3 Å². The predicted molar refractivity (Wildman–Crippen MR) is 124 cm³/mol. The van der Waals surface area contributed by atoms with Crippen LogP contribution in [-0.4, -0.2) is 43.4 Å². The minimum atomic E-state index is -0.344. The predicted octanol–water partition coefficient (Wildman–Crippen LogP) is 3.67. The van der Waals surface area contributed by atoms with E-state index in [-0.39, 0.29) is 18.2 Å². The van der Waals surface area contributed by atoms with Gasteiger partial charge in [0.15, 0.2) is 5.58 Å². The number of hydrogen-bond donors (Lipinski definition) is 0. The second-order valence-corrected chi connectivity index (χ2v) is 7.55. The third-order valence-corrected chi connectivity index (χ3v) is 5.50. The summed E-state index contributed by atoms with van der Waals surface area (Å²) in [7, 11) is 1.62. The Kier molecular flexibility index (Phi) is 5.91. The number of aromatic nitrogens is 2. The highest BCUT2D eigenvalue weighted by Crippen LogP contribution is 2.38. The van der Waals surface area contributed by atoms with E-state index in [1.807, 2.05) is 47.4 Å². The molecule has 0 saturated carbocycles. The quantitative estimate of drug-likeness (QED) is 0.444. The number of benzene rings is 2. The lowest BCUT2D eigenvalue weighted by atomic mass is 10.0. The molecule has 168 valence electrons. The van der Waals surface area contributed by atoms with Crippen LogP contribution in [0, 0.1) is 0 Å². The second-order valence-electron chi connectivity index (χ2n) is 7.55. The summed E-state index contributed by atoms with van der Waals surface area (Å²) >= 11 is 0. The Hall–Kier alpha value is -3.91. The zero-order valence-corrected chi connectivity index (χ0v) is 18.2. The largest absolute Gasteiger partial charge is 0.497 e. The fraction of sp³-hybridized carbons (Fsp3) is 0.240. The first kappa shape index (κ1) is 21.0. The summed E-state index contributed by atoms with van der Waals surface area (Å²) in [4.78, 5) is 23.4. The number of morpholine rings is 1. The Bertz CT molecular complexity index is 1300. The van der Waals surface area contributed by atoms with Crippen LogP contribution in [0.4, 0.5) is 6.01 Å². The molecular weight excluding hydrogens is 422 g/mol. The van der Waals surface area contributed by atoms with Crippen LogP contribution >= 0.6 is 0 Å². The number of pyridine rings is 1. The molecule has 0 aliphatic carbocycles. The van der Waals surface area contributed by atoms with Gasteiger partial charge in [-0.2, -0.15) is 4.98 Å². The number of hydrogen-bond acceptors (Lipinski definition) is 8. The van der Waals surface area contributed by atoms with Crippen molar-refractivity contribution in [2.24, 2.45) is 0 Å². The molecule has 33 heavy (non-hydrogen) atoms. The summed E-state index contributed by atoms with van der Waals surface area (Å²) in [5.41, 5.74) is 2.40. The lowest BCUT2D eigenvalue weighted by molar-refractivity contribution is 0.120. The first-order chi connectivity index (χ1) is 16.2.